The van der Waals surface area contributed by atoms with Crippen LogP contribution in [0.5, 0.6) is 17.2 Å². The molecule has 0 bridgehead atoms. The van der Waals surface area contributed by atoms with Crippen LogP contribution < -0.4 is 24.8 Å². The number of methoxy groups -OCH3 is 3. The molecule has 2 heterocycles. The van der Waals surface area contributed by atoms with Crippen molar-refractivity contribution in [2.24, 2.45) is 0 Å². The van der Waals surface area contributed by atoms with Crippen molar-refractivity contribution in [2.45, 2.75) is 6.54 Å². The predicted molar refractivity (Wildman–Crippen MR) is 108 cm³/mol. The van der Waals surface area contributed by atoms with Gasteiger partial charge in [-0.1, -0.05) is 0 Å². The summed E-state index contributed by atoms with van der Waals surface area (Å²) in [4.78, 5) is 24.9. The monoisotopic (exact) mass is 395 g/mol. The Morgan fingerprint density at radius 2 is 1.66 bits per heavy atom. The number of carbonyl (C=O) groups is 1. The van der Waals surface area contributed by atoms with Crippen molar-refractivity contribution in [3.8, 4) is 17.2 Å². The standard InChI is InChI=1S/C20H21N5O4/c1-27-16-8-14(9-17(28-2)19(16)29-3)25-20(26)15-11-24-18(12-22-15)23-10-13-4-6-21-7-5-13/h4-9,11-12H,10H2,1-3H3,(H,23,24)(H,25,26). The van der Waals surface area contributed by atoms with Crippen molar-refractivity contribution in [3.05, 3.63) is 60.3 Å². The summed E-state index contributed by atoms with van der Waals surface area (Å²) in [5.74, 6) is 1.46. The maximum absolute atomic E-state index is 12.5. The van der Waals surface area contributed by atoms with Crippen LogP contribution in [0.2, 0.25) is 0 Å². The number of nitrogens with zero attached hydrogens (tertiary/aromatic N) is 3. The van der Waals surface area contributed by atoms with E-state index in [1.165, 1.54) is 33.7 Å². The Morgan fingerprint density at radius 1 is 0.966 bits per heavy atom. The van der Waals surface area contributed by atoms with E-state index in [1.54, 1.807) is 24.5 Å². The van der Waals surface area contributed by atoms with Crippen LogP contribution in [0.4, 0.5) is 11.5 Å². The molecule has 0 radical (unpaired) electrons. The van der Waals surface area contributed by atoms with Gasteiger partial charge in [0.2, 0.25) is 5.75 Å². The van der Waals surface area contributed by atoms with Gasteiger partial charge in [0.25, 0.3) is 5.91 Å². The smallest absolute Gasteiger partial charge is 0.275 e. The van der Waals surface area contributed by atoms with E-state index in [0.29, 0.717) is 35.3 Å². The number of hydrogen-bond acceptors (Lipinski definition) is 8. The first kappa shape index (κ1) is 19.9. The lowest BCUT2D eigenvalue weighted by Crippen LogP contribution is -2.15. The fourth-order valence-electron chi connectivity index (χ4n) is 2.58. The van der Waals surface area contributed by atoms with Gasteiger partial charge in [0.1, 0.15) is 11.5 Å². The molecule has 0 saturated heterocycles. The van der Waals surface area contributed by atoms with Crippen LogP contribution >= 0.6 is 0 Å². The Morgan fingerprint density at radius 3 is 2.21 bits per heavy atom. The van der Waals surface area contributed by atoms with Gasteiger partial charge in [0.15, 0.2) is 11.5 Å². The fraction of sp³-hybridized carbons (Fsp3) is 0.200. The third-order valence-corrected chi connectivity index (χ3v) is 4.03. The number of rotatable bonds is 8. The molecular weight excluding hydrogens is 374 g/mol. The zero-order valence-electron chi connectivity index (χ0n) is 16.3. The summed E-state index contributed by atoms with van der Waals surface area (Å²) >= 11 is 0. The minimum Gasteiger partial charge on any atom is -0.493 e. The molecule has 2 N–H and O–H groups in total. The van der Waals surface area contributed by atoms with Gasteiger partial charge in [-0.15, -0.1) is 0 Å². The first-order valence-corrected chi connectivity index (χ1v) is 8.70. The first-order chi connectivity index (χ1) is 14.1. The van der Waals surface area contributed by atoms with Crippen molar-refractivity contribution in [2.75, 3.05) is 32.0 Å². The van der Waals surface area contributed by atoms with Crippen LogP contribution in [-0.2, 0) is 6.54 Å². The van der Waals surface area contributed by atoms with E-state index in [1.807, 2.05) is 12.1 Å². The number of ether oxygens (including phenoxy) is 3. The van der Waals surface area contributed by atoms with Gasteiger partial charge in [-0.25, -0.2) is 9.97 Å². The Kier molecular flexibility index (Phi) is 6.41. The first-order valence-electron chi connectivity index (χ1n) is 8.70. The van der Waals surface area contributed by atoms with Crippen molar-refractivity contribution < 1.29 is 19.0 Å². The Hall–Kier alpha value is -3.88. The maximum atomic E-state index is 12.5. The maximum Gasteiger partial charge on any atom is 0.275 e. The summed E-state index contributed by atoms with van der Waals surface area (Å²) in [6.45, 7) is 0.578. The molecule has 9 nitrogen and oxygen atoms in total. The zero-order valence-corrected chi connectivity index (χ0v) is 16.3. The van der Waals surface area contributed by atoms with Crippen LogP contribution in [0, 0.1) is 0 Å². The highest BCUT2D eigenvalue weighted by Gasteiger charge is 2.16. The second-order valence-electron chi connectivity index (χ2n) is 5.86. The van der Waals surface area contributed by atoms with Crippen LogP contribution in [0.1, 0.15) is 16.1 Å². The van der Waals surface area contributed by atoms with Crippen LogP contribution in [0.3, 0.4) is 0 Å². The van der Waals surface area contributed by atoms with Crippen molar-refractivity contribution >= 4 is 17.4 Å². The van der Waals surface area contributed by atoms with Gasteiger partial charge in [-0.05, 0) is 17.7 Å². The summed E-state index contributed by atoms with van der Waals surface area (Å²) < 4.78 is 15.9. The number of nitrogens with one attached hydrogen (secondary N) is 2. The molecule has 0 saturated carbocycles. The average molecular weight is 395 g/mol. The highest BCUT2D eigenvalue weighted by atomic mass is 16.5. The molecule has 0 fully saturated rings. The molecule has 150 valence electrons. The second-order valence-corrected chi connectivity index (χ2v) is 5.86. The number of hydrogen-bond donors (Lipinski definition) is 2. The molecule has 0 unspecified atom stereocenters. The summed E-state index contributed by atoms with van der Waals surface area (Å²) in [6, 6.07) is 7.08. The summed E-state index contributed by atoms with van der Waals surface area (Å²) in [5.41, 5.74) is 1.71. The molecule has 0 atom stereocenters. The normalized spacial score (nSPS) is 10.2. The zero-order chi connectivity index (χ0) is 20.6. The molecule has 0 aliphatic rings. The lowest BCUT2D eigenvalue weighted by atomic mass is 10.2. The molecule has 0 aliphatic heterocycles. The van der Waals surface area contributed by atoms with Gasteiger partial charge >= 0.3 is 0 Å². The molecule has 3 rings (SSSR count). The summed E-state index contributed by atoms with van der Waals surface area (Å²) in [6.07, 6.45) is 6.35. The van der Waals surface area contributed by atoms with E-state index >= 15 is 0 Å². The number of carbonyl (C=O) groups excluding carboxylic acids is 1. The highest BCUT2D eigenvalue weighted by molar-refractivity contribution is 6.03. The molecule has 0 spiro atoms. The fourth-order valence-corrected chi connectivity index (χ4v) is 2.58. The minimum absolute atomic E-state index is 0.174. The van der Waals surface area contributed by atoms with E-state index < -0.39 is 5.91 Å². The van der Waals surface area contributed by atoms with Crippen molar-refractivity contribution in [1.29, 1.82) is 0 Å². The summed E-state index contributed by atoms with van der Waals surface area (Å²) in [7, 11) is 4.52. The average Bonchev–Trinajstić information content (AvgIpc) is 2.77. The third kappa shape index (κ3) is 4.89. The van der Waals surface area contributed by atoms with E-state index in [4.69, 9.17) is 14.2 Å². The third-order valence-electron chi connectivity index (χ3n) is 4.03. The molecule has 0 aliphatic carbocycles. The van der Waals surface area contributed by atoms with Gasteiger partial charge in [0, 0.05) is 36.8 Å². The molecule has 29 heavy (non-hydrogen) atoms. The number of anilines is 2. The van der Waals surface area contributed by atoms with E-state index in [-0.39, 0.29) is 5.69 Å². The number of benzene rings is 1. The van der Waals surface area contributed by atoms with E-state index in [9.17, 15) is 4.79 Å². The molecule has 3 aromatic rings. The number of pyridine rings is 1. The van der Waals surface area contributed by atoms with E-state index in [2.05, 4.69) is 25.6 Å². The summed E-state index contributed by atoms with van der Waals surface area (Å²) in [5, 5.41) is 5.89. The minimum atomic E-state index is -0.410. The van der Waals surface area contributed by atoms with Crippen molar-refractivity contribution in [3.63, 3.8) is 0 Å². The highest BCUT2D eigenvalue weighted by Crippen LogP contribution is 2.39. The Bertz CT molecular complexity index is 939. The van der Waals surface area contributed by atoms with Gasteiger partial charge in [-0.3, -0.25) is 9.78 Å². The van der Waals surface area contributed by atoms with Crippen LogP contribution in [-0.4, -0.2) is 42.2 Å². The quantitative estimate of drug-likeness (QED) is 0.600. The largest absolute Gasteiger partial charge is 0.493 e. The molecule has 2 aromatic heterocycles. The second kappa shape index (κ2) is 9.36. The Labute approximate surface area is 168 Å². The lowest BCUT2D eigenvalue weighted by molar-refractivity contribution is 0.102. The molecule has 1 amide bonds. The van der Waals surface area contributed by atoms with Gasteiger partial charge in [0.05, 0.1) is 33.7 Å². The topological polar surface area (TPSA) is 107 Å². The number of aromatic nitrogens is 3. The van der Waals surface area contributed by atoms with Crippen molar-refractivity contribution in [1.82, 2.24) is 15.0 Å². The van der Waals surface area contributed by atoms with Crippen LogP contribution in [0.25, 0.3) is 0 Å². The number of amides is 1. The van der Waals surface area contributed by atoms with Crippen LogP contribution in [0.15, 0.2) is 49.1 Å². The molecule has 9 heteroatoms. The van der Waals surface area contributed by atoms with Gasteiger partial charge in [-0.2, -0.15) is 0 Å². The SMILES string of the molecule is COc1cc(NC(=O)c2cnc(NCc3ccncc3)cn2)cc(OC)c1OC. The predicted octanol–water partition coefficient (Wildman–Crippen LogP) is 2.76. The molecular formula is C20H21N5O4. The Balaban J connectivity index is 1.68. The lowest BCUT2D eigenvalue weighted by Gasteiger charge is -2.14. The van der Waals surface area contributed by atoms with Gasteiger partial charge < -0.3 is 24.8 Å². The van der Waals surface area contributed by atoms with E-state index in [0.717, 1.165) is 5.56 Å². The molecule has 1 aromatic carbocycles.